The Bertz CT molecular complexity index is 657. The van der Waals surface area contributed by atoms with Gasteiger partial charge < -0.3 is 19.1 Å². The van der Waals surface area contributed by atoms with Crippen molar-refractivity contribution >= 4 is 34.1 Å². The Morgan fingerprint density at radius 3 is 2.19 bits per heavy atom. The highest BCUT2D eigenvalue weighted by atomic mass is 28.4. The Kier molecular flexibility index (Phi) is 6.92. The Morgan fingerprint density at radius 1 is 1.19 bits per heavy atom. The lowest BCUT2D eigenvalue weighted by molar-refractivity contribution is -0.141. The van der Waals surface area contributed by atoms with Gasteiger partial charge in [0.2, 0.25) is 8.32 Å². The predicted octanol–water partition coefficient (Wildman–Crippen LogP) is 3.15. The molecule has 0 fully saturated rings. The van der Waals surface area contributed by atoms with Crippen molar-refractivity contribution in [1.82, 2.24) is 0 Å². The fourth-order valence-corrected chi connectivity index (χ4v) is 5.43. The van der Waals surface area contributed by atoms with E-state index in [1.807, 2.05) is 25.7 Å². The minimum Gasteiger partial charge on any atom is -0.545 e. The van der Waals surface area contributed by atoms with E-state index in [2.05, 4.69) is 29.2 Å². The van der Waals surface area contributed by atoms with Gasteiger partial charge in [-0.25, -0.2) is 4.79 Å². The molecule has 0 heterocycles. The summed E-state index contributed by atoms with van der Waals surface area (Å²) in [5.74, 6) is -1.70. The first-order valence-electron chi connectivity index (χ1n) is 8.72. The van der Waals surface area contributed by atoms with Gasteiger partial charge in [-0.3, -0.25) is 4.79 Å². The molecular weight excluding hydrogens is 368 g/mol. The molecule has 9 heteroatoms. The topological polar surface area (TPSA) is 98.2 Å². The first-order valence-corrected chi connectivity index (χ1v) is 15.5. The van der Waals surface area contributed by atoms with Gasteiger partial charge in [0.15, 0.2) is 8.32 Å². The van der Waals surface area contributed by atoms with Crippen molar-refractivity contribution in [2.75, 3.05) is 7.11 Å². The third-order valence-electron chi connectivity index (χ3n) is 3.97. The van der Waals surface area contributed by atoms with Gasteiger partial charge in [0.05, 0.1) is 13.0 Å². The van der Waals surface area contributed by atoms with Gasteiger partial charge in [-0.05, 0) is 58.2 Å². The van der Waals surface area contributed by atoms with Crippen LogP contribution in [0, 0.1) is 5.92 Å². The molecule has 0 aromatic carbocycles. The van der Waals surface area contributed by atoms with Gasteiger partial charge in [0.25, 0.3) is 5.78 Å². The SMILES string of the molecule is COC(=O)C(=[N+]=[N-])C(=O)[C@@H](C)[C@]1(O[Si](C)(C)C)CCC=C1O[Si](C)(C)C. The molecule has 1 aliphatic carbocycles. The zero-order chi connectivity index (χ0) is 20.3. The molecule has 26 heavy (non-hydrogen) atoms. The molecule has 0 amide bonds. The molecule has 0 saturated carbocycles. The highest BCUT2D eigenvalue weighted by Crippen LogP contribution is 2.44. The molecule has 0 spiro atoms. The lowest BCUT2D eigenvalue weighted by atomic mass is 9.82. The van der Waals surface area contributed by atoms with Gasteiger partial charge >= 0.3 is 11.7 Å². The fourth-order valence-electron chi connectivity index (χ4n) is 3.04. The normalized spacial score (nSPS) is 21.5. The molecule has 0 unspecified atom stereocenters. The van der Waals surface area contributed by atoms with Crippen molar-refractivity contribution in [1.29, 1.82) is 0 Å². The lowest BCUT2D eigenvalue weighted by Gasteiger charge is -2.42. The number of carbonyl (C=O) groups excluding carboxylic acids is 2. The average molecular weight is 399 g/mol. The maximum absolute atomic E-state index is 12.9. The Hall–Kier alpha value is -1.55. The first-order chi connectivity index (χ1) is 11.8. The van der Waals surface area contributed by atoms with Crippen molar-refractivity contribution in [3.05, 3.63) is 17.4 Å². The number of methoxy groups -OCH3 is 1. The third kappa shape index (κ3) is 5.23. The molecule has 2 atom stereocenters. The summed E-state index contributed by atoms with van der Waals surface area (Å²) in [5.41, 5.74) is 7.56. The standard InChI is InChI=1S/C17H30N2O5Si2/c1-12(15(20)14(19-18)16(21)22-2)17(24-26(6,7)8)11-9-10-13(17)23-25(3,4)5/h10,12H,9,11H2,1-8H3/t12-,17-/m1/s1. The number of Topliss-reactive ketones (excluding diaryl/α,β-unsaturated/α-hetero) is 1. The van der Waals surface area contributed by atoms with E-state index < -0.39 is 45.6 Å². The van der Waals surface area contributed by atoms with Gasteiger partial charge in [0, 0.05) is 0 Å². The van der Waals surface area contributed by atoms with Crippen molar-refractivity contribution in [2.24, 2.45) is 5.92 Å². The molecule has 7 nitrogen and oxygen atoms in total. The molecule has 0 radical (unpaired) electrons. The van der Waals surface area contributed by atoms with Crippen LogP contribution in [0.25, 0.3) is 5.53 Å². The monoisotopic (exact) mass is 398 g/mol. The van der Waals surface area contributed by atoms with Crippen molar-refractivity contribution in [2.45, 2.75) is 64.6 Å². The smallest absolute Gasteiger partial charge is 0.441 e. The maximum atomic E-state index is 12.9. The van der Waals surface area contributed by atoms with E-state index in [1.54, 1.807) is 6.92 Å². The second-order valence-electron chi connectivity index (χ2n) is 8.45. The van der Waals surface area contributed by atoms with Crippen LogP contribution in [0.4, 0.5) is 0 Å². The van der Waals surface area contributed by atoms with Crippen LogP contribution in [0.3, 0.4) is 0 Å². The Balaban J connectivity index is 3.38. The number of rotatable bonds is 8. The van der Waals surface area contributed by atoms with E-state index in [0.717, 1.165) is 7.11 Å². The molecular formula is C17H30N2O5Si2. The van der Waals surface area contributed by atoms with Gasteiger partial charge in [-0.15, -0.1) is 0 Å². The van der Waals surface area contributed by atoms with Gasteiger partial charge in [-0.2, -0.15) is 4.79 Å². The third-order valence-corrected chi connectivity index (χ3v) is 5.78. The maximum Gasteiger partial charge on any atom is 0.441 e. The van der Waals surface area contributed by atoms with Crippen LogP contribution in [-0.2, 0) is 23.2 Å². The van der Waals surface area contributed by atoms with Crippen molar-refractivity contribution in [3.8, 4) is 0 Å². The molecule has 0 N–H and O–H groups in total. The summed E-state index contributed by atoms with van der Waals surface area (Å²) < 4.78 is 17.3. The Morgan fingerprint density at radius 2 is 1.77 bits per heavy atom. The fraction of sp³-hybridized carbons (Fsp3) is 0.706. The van der Waals surface area contributed by atoms with Crippen LogP contribution in [0.5, 0.6) is 0 Å². The number of nitrogens with zero attached hydrogens (tertiary/aromatic N) is 2. The molecule has 1 rings (SSSR count). The number of hydrogen-bond acceptors (Lipinski definition) is 5. The molecule has 0 aromatic heterocycles. The number of esters is 1. The number of carbonyl (C=O) groups is 2. The van der Waals surface area contributed by atoms with E-state index in [1.165, 1.54) is 0 Å². The second kappa shape index (κ2) is 8.00. The average Bonchev–Trinajstić information content (AvgIpc) is 2.86. The minimum atomic E-state index is -2.08. The number of ketones is 1. The summed E-state index contributed by atoms with van der Waals surface area (Å²) in [5, 5.41) is 0. The van der Waals surface area contributed by atoms with Gasteiger partial charge in [0.1, 0.15) is 11.4 Å². The number of allylic oxidation sites excluding steroid dienone is 1. The largest absolute Gasteiger partial charge is 0.545 e. The lowest BCUT2D eigenvalue weighted by Crippen LogP contribution is -2.53. The quantitative estimate of drug-likeness (QED) is 0.156. The van der Waals surface area contributed by atoms with Crippen molar-refractivity contribution in [3.63, 3.8) is 0 Å². The van der Waals surface area contributed by atoms with Crippen LogP contribution in [0.2, 0.25) is 39.3 Å². The summed E-state index contributed by atoms with van der Waals surface area (Å²) in [6.45, 7) is 14.0. The number of hydrogen-bond donors (Lipinski definition) is 0. The highest BCUT2D eigenvalue weighted by molar-refractivity contribution is 6.70. The Labute approximate surface area is 157 Å². The first kappa shape index (κ1) is 22.5. The number of ether oxygens (including phenoxy) is 1. The summed E-state index contributed by atoms with van der Waals surface area (Å²) in [6, 6.07) is 0. The van der Waals surface area contributed by atoms with Crippen LogP contribution >= 0.6 is 0 Å². The second-order valence-corrected chi connectivity index (χ2v) is 17.3. The zero-order valence-electron chi connectivity index (χ0n) is 17.0. The molecule has 0 bridgehead atoms. The molecule has 1 aliphatic rings. The van der Waals surface area contributed by atoms with Crippen LogP contribution < -0.4 is 0 Å². The molecule has 0 saturated heterocycles. The summed E-state index contributed by atoms with van der Waals surface area (Å²) in [6.07, 6.45) is 3.26. The van der Waals surface area contributed by atoms with Gasteiger partial charge in [-0.1, -0.05) is 6.92 Å². The summed E-state index contributed by atoms with van der Waals surface area (Å²) >= 11 is 0. The summed E-state index contributed by atoms with van der Waals surface area (Å²) in [4.78, 5) is 27.6. The minimum absolute atomic E-state index is 0.573. The van der Waals surface area contributed by atoms with E-state index >= 15 is 0 Å². The summed E-state index contributed by atoms with van der Waals surface area (Å²) in [7, 11) is -2.89. The van der Waals surface area contributed by atoms with E-state index in [9.17, 15) is 9.59 Å². The van der Waals surface area contributed by atoms with E-state index in [0.29, 0.717) is 18.6 Å². The van der Waals surface area contributed by atoms with E-state index in [4.69, 9.17) is 14.4 Å². The molecule has 0 aromatic rings. The van der Waals surface area contributed by atoms with Crippen LogP contribution in [-0.4, -0.2) is 51.6 Å². The van der Waals surface area contributed by atoms with Crippen LogP contribution in [0.15, 0.2) is 11.8 Å². The zero-order valence-corrected chi connectivity index (χ0v) is 19.0. The predicted molar refractivity (Wildman–Crippen MR) is 104 cm³/mol. The molecule has 0 aliphatic heterocycles. The van der Waals surface area contributed by atoms with Crippen molar-refractivity contribution < 1.29 is 28.0 Å². The van der Waals surface area contributed by atoms with Crippen LogP contribution in [0.1, 0.15) is 19.8 Å². The van der Waals surface area contributed by atoms with E-state index in [-0.39, 0.29) is 0 Å². The molecule has 146 valence electrons. The highest BCUT2D eigenvalue weighted by Gasteiger charge is 2.54.